The summed E-state index contributed by atoms with van der Waals surface area (Å²) < 4.78 is 5.85. The summed E-state index contributed by atoms with van der Waals surface area (Å²) in [6, 6.07) is 12.2. The Hall–Kier alpha value is -4.24. The molecular weight excluding hydrogens is 426 g/mol. The highest BCUT2D eigenvalue weighted by Crippen LogP contribution is 2.34. The number of aromatic carboxylic acids is 1. The molecule has 0 aliphatic carbocycles. The van der Waals surface area contributed by atoms with E-state index in [1.54, 1.807) is 36.4 Å². The molecule has 1 saturated heterocycles. The average Bonchev–Trinajstić information content (AvgIpc) is 3.35. The Labute approximate surface area is 189 Å². The van der Waals surface area contributed by atoms with E-state index in [9.17, 15) is 19.7 Å². The minimum atomic E-state index is -1.05. The van der Waals surface area contributed by atoms with E-state index in [0.717, 1.165) is 11.1 Å². The van der Waals surface area contributed by atoms with Crippen LogP contribution < -0.4 is 10.4 Å². The number of hydrogen-bond acceptors (Lipinski definition) is 6. The molecule has 9 heteroatoms. The van der Waals surface area contributed by atoms with E-state index in [1.165, 1.54) is 23.2 Å². The van der Waals surface area contributed by atoms with Crippen LogP contribution in [0.5, 0.6) is 0 Å². The molecule has 3 aromatic rings. The van der Waals surface area contributed by atoms with Crippen LogP contribution in [0.3, 0.4) is 0 Å². The summed E-state index contributed by atoms with van der Waals surface area (Å²) in [7, 11) is 0. The number of benzene rings is 2. The highest BCUT2D eigenvalue weighted by Gasteiger charge is 2.33. The highest BCUT2D eigenvalue weighted by atomic mass is 16.6. The van der Waals surface area contributed by atoms with Crippen molar-refractivity contribution in [1.82, 2.24) is 5.43 Å². The molecule has 9 nitrogen and oxygen atoms in total. The number of nitro groups is 1. The molecule has 1 amide bonds. The number of anilines is 1. The highest BCUT2D eigenvalue weighted by molar-refractivity contribution is 6.11. The average molecular weight is 447 g/mol. The van der Waals surface area contributed by atoms with Gasteiger partial charge in [-0.3, -0.25) is 14.9 Å². The number of amides is 1. The van der Waals surface area contributed by atoms with Crippen LogP contribution in [0.25, 0.3) is 17.4 Å². The summed E-state index contributed by atoms with van der Waals surface area (Å²) in [4.78, 5) is 35.1. The molecule has 0 bridgehead atoms. The molecule has 168 valence electrons. The Morgan fingerprint density at radius 2 is 1.82 bits per heavy atom. The number of aryl methyl sites for hydroxylation is 2. The maximum atomic E-state index is 13.0. The van der Waals surface area contributed by atoms with Gasteiger partial charge in [0.2, 0.25) is 0 Å². The minimum absolute atomic E-state index is 0.0467. The van der Waals surface area contributed by atoms with Gasteiger partial charge in [0, 0.05) is 11.6 Å². The van der Waals surface area contributed by atoms with Gasteiger partial charge in [-0.25, -0.2) is 15.2 Å². The molecule has 1 aliphatic rings. The van der Waals surface area contributed by atoms with Crippen molar-refractivity contribution in [3.8, 4) is 11.3 Å². The first-order valence-corrected chi connectivity index (χ1v) is 10.2. The van der Waals surface area contributed by atoms with Gasteiger partial charge in [-0.05, 0) is 80.4 Å². The molecule has 1 aliphatic heterocycles. The van der Waals surface area contributed by atoms with E-state index >= 15 is 0 Å². The van der Waals surface area contributed by atoms with Crippen LogP contribution in [0.4, 0.5) is 11.4 Å². The van der Waals surface area contributed by atoms with Crippen LogP contribution in [0.15, 0.2) is 58.5 Å². The first kappa shape index (κ1) is 22.0. The fourth-order valence-corrected chi connectivity index (χ4v) is 3.65. The standard InChI is InChI=1S/C24H21N3O6/c1-13-10-20(21(27(31)32)11-14(13)2)22-9-8-18(33-22)12-19-15(3)25-26(23(19)28)17-6-4-16(5-7-17)24(29)30/h4-12,15,25H,1-3H3,(H,29,30). The second-order valence-electron chi connectivity index (χ2n) is 7.86. The number of nitrogens with zero attached hydrogens (tertiary/aromatic N) is 2. The Bertz CT molecular complexity index is 1310. The van der Waals surface area contributed by atoms with Crippen molar-refractivity contribution >= 4 is 29.3 Å². The lowest BCUT2D eigenvalue weighted by Crippen LogP contribution is -2.36. The largest absolute Gasteiger partial charge is 0.478 e. The lowest BCUT2D eigenvalue weighted by atomic mass is 10.0. The number of carbonyl (C=O) groups excluding carboxylic acids is 1. The third kappa shape index (κ3) is 4.13. The van der Waals surface area contributed by atoms with Crippen LogP contribution in [-0.4, -0.2) is 27.9 Å². The van der Waals surface area contributed by atoms with Gasteiger partial charge in [-0.2, -0.15) is 0 Å². The van der Waals surface area contributed by atoms with Crippen LogP contribution in [0, 0.1) is 24.0 Å². The number of rotatable bonds is 5. The number of hydrazine groups is 1. The number of furan rings is 1. The summed E-state index contributed by atoms with van der Waals surface area (Å²) in [6.45, 7) is 5.50. The van der Waals surface area contributed by atoms with Gasteiger partial charge in [-0.15, -0.1) is 0 Å². The third-order valence-corrected chi connectivity index (χ3v) is 5.61. The van der Waals surface area contributed by atoms with E-state index in [2.05, 4.69) is 5.43 Å². The molecule has 1 aromatic heterocycles. The summed E-state index contributed by atoms with van der Waals surface area (Å²) in [5, 5.41) is 21.9. The molecule has 0 saturated carbocycles. The molecule has 1 unspecified atom stereocenters. The van der Waals surface area contributed by atoms with Crippen molar-refractivity contribution in [2.45, 2.75) is 26.8 Å². The Balaban J connectivity index is 1.63. The molecular formula is C24H21N3O6. The summed E-state index contributed by atoms with van der Waals surface area (Å²) >= 11 is 0. The molecule has 0 radical (unpaired) electrons. The van der Waals surface area contributed by atoms with Crippen molar-refractivity contribution in [2.75, 3.05) is 5.01 Å². The summed E-state index contributed by atoms with van der Waals surface area (Å²) in [5.74, 6) is -0.629. The van der Waals surface area contributed by atoms with Gasteiger partial charge in [0.25, 0.3) is 11.6 Å². The van der Waals surface area contributed by atoms with Gasteiger partial charge in [-0.1, -0.05) is 0 Å². The predicted molar refractivity (Wildman–Crippen MR) is 122 cm³/mol. The lowest BCUT2D eigenvalue weighted by molar-refractivity contribution is -0.384. The molecule has 4 rings (SSSR count). The lowest BCUT2D eigenvalue weighted by Gasteiger charge is -2.16. The zero-order chi connectivity index (χ0) is 23.9. The topological polar surface area (TPSA) is 126 Å². The van der Waals surface area contributed by atoms with Crippen LogP contribution in [0.2, 0.25) is 0 Å². The molecule has 1 atom stereocenters. The first-order valence-electron chi connectivity index (χ1n) is 10.2. The molecule has 2 N–H and O–H groups in total. The fourth-order valence-electron chi connectivity index (χ4n) is 3.65. The van der Waals surface area contributed by atoms with Crippen molar-refractivity contribution < 1.29 is 24.0 Å². The number of hydrogen-bond donors (Lipinski definition) is 2. The van der Waals surface area contributed by atoms with Gasteiger partial charge >= 0.3 is 5.97 Å². The summed E-state index contributed by atoms with van der Waals surface area (Å²) in [5.41, 5.74) is 6.16. The Morgan fingerprint density at radius 3 is 2.45 bits per heavy atom. The maximum absolute atomic E-state index is 13.0. The third-order valence-electron chi connectivity index (χ3n) is 5.61. The van der Waals surface area contributed by atoms with Gasteiger partial charge < -0.3 is 9.52 Å². The van der Waals surface area contributed by atoms with E-state index in [-0.39, 0.29) is 23.2 Å². The Kier molecular flexibility index (Phi) is 5.57. The van der Waals surface area contributed by atoms with Gasteiger partial charge in [0.05, 0.1) is 27.8 Å². The summed E-state index contributed by atoms with van der Waals surface area (Å²) in [6.07, 6.45) is 1.60. The van der Waals surface area contributed by atoms with E-state index in [4.69, 9.17) is 9.52 Å². The van der Waals surface area contributed by atoms with Crippen LogP contribution in [-0.2, 0) is 4.79 Å². The van der Waals surface area contributed by atoms with Crippen molar-refractivity contribution in [2.24, 2.45) is 0 Å². The minimum Gasteiger partial charge on any atom is -0.478 e. The number of carboxylic acid groups (broad SMARTS) is 1. The predicted octanol–water partition coefficient (Wildman–Crippen LogP) is 4.49. The quantitative estimate of drug-likeness (QED) is 0.335. The smallest absolute Gasteiger partial charge is 0.335 e. The molecule has 0 spiro atoms. The normalized spacial score (nSPS) is 17.1. The monoisotopic (exact) mass is 447 g/mol. The molecule has 2 aromatic carbocycles. The SMILES string of the molecule is Cc1cc(-c2ccc(C=C3C(=O)N(c4ccc(C(=O)O)cc4)NC3C)o2)c([N+](=O)[O-])cc1C. The molecule has 33 heavy (non-hydrogen) atoms. The number of nitro benzene ring substituents is 1. The maximum Gasteiger partial charge on any atom is 0.335 e. The van der Waals surface area contributed by atoms with E-state index in [0.29, 0.717) is 28.3 Å². The van der Waals surface area contributed by atoms with Gasteiger partial charge in [0.1, 0.15) is 11.5 Å². The van der Waals surface area contributed by atoms with Gasteiger partial charge in [0.15, 0.2) is 0 Å². The number of carboxylic acids is 1. The Morgan fingerprint density at radius 1 is 1.15 bits per heavy atom. The van der Waals surface area contributed by atoms with Crippen molar-refractivity contribution in [1.29, 1.82) is 0 Å². The van der Waals surface area contributed by atoms with E-state index in [1.807, 2.05) is 20.8 Å². The second-order valence-corrected chi connectivity index (χ2v) is 7.86. The fraction of sp³-hybridized carbons (Fsp3) is 0.167. The first-order chi connectivity index (χ1) is 15.7. The number of nitrogens with one attached hydrogen (secondary N) is 1. The van der Waals surface area contributed by atoms with E-state index < -0.39 is 10.9 Å². The molecule has 1 fully saturated rings. The van der Waals surface area contributed by atoms with Crippen molar-refractivity contribution in [3.63, 3.8) is 0 Å². The second kappa shape index (κ2) is 8.36. The zero-order valence-electron chi connectivity index (χ0n) is 18.2. The van der Waals surface area contributed by atoms with Crippen LogP contribution >= 0.6 is 0 Å². The molecule has 2 heterocycles. The van der Waals surface area contributed by atoms with Crippen LogP contribution in [0.1, 0.15) is 34.2 Å². The zero-order valence-corrected chi connectivity index (χ0v) is 18.2. The van der Waals surface area contributed by atoms with Crippen molar-refractivity contribution in [3.05, 3.63) is 86.7 Å². The number of carbonyl (C=O) groups is 2.